The molecule has 0 aromatic carbocycles. The molecule has 8 nitrogen and oxygen atoms in total. The number of alkyl halides is 3. The molecule has 32 heavy (non-hydrogen) atoms. The maximum absolute atomic E-state index is 14.5. The standard InChI is InChI=1S/C17H14F4N6O2.C3H8/c1-16(28,17(19,20)21)14-11(29-3)5-12-24-7-10(27(12)26-14)13-9(18)4-8(6-22)15(23-2)25-13;1-3-2/h4-5,7,28H,1-3H3,(H,23,25);3H2,1-2H3. The summed E-state index contributed by atoms with van der Waals surface area (Å²) in [5, 5.41) is 25.6. The second-order valence-corrected chi connectivity index (χ2v) is 6.83. The molecule has 3 rings (SSSR count). The highest BCUT2D eigenvalue weighted by Crippen LogP contribution is 2.41. The van der Waals surface area contributed by atoms with E-state index in [1.54, 1.807) is 6.07 Å². The third-order valence-corrected chi connectivity index (χ3v) is 4.27. The number of aliphatic hydroxyl groups is 1. The van der Waals surface area contributed by atoms with Gasteiger partial charge in [-0.15, -0.1) is 0 Å². The Hall–Kier alpha value is -3.46. The highest BCUT2D eigenvalue weighted by atomic mass is 19.4. The zero-order valence-corrected chi connectivity index (χ0v) is 18.0. The normalized spacial score (nSPS) is 13.0. The summed E-state index contributed by atoms with van der Waals surface area (Å²) in [5.41, 5.74) is -4.58. The van der Waals surface area contributed by atoms with E-state index >= 15 is 0 Å². The average Bonchev–Trinajstić information content (AvgIpc) is 3.14. The minimum absolute atomic E-state index is 0.0372. The van der Waals surface area contributed by atoms with E-state index in [1.165, 1.54) is 13.5 Å². The maximum atomic E-state index is 14.5. The Balaban J connectivity index is 0.00000114. The molecular weight excluding hydrogens is 432 g/mol. The lowest BCUT2D eigenvalue weighted by molar-refractivity contribution is -0.261. The number of nitrogens with one attached hydrogen (secondary N) is 1. The van der Waals surface area contributed by atoms with Crippen LogP contribution in [0.15, 0.2) is 18.3 Å². The van der Waals surface area contributed by atoms with Crippen LogP contribution in [0.3, 0.4) is 0 Å². The molecule has 3 aromatic rings. The smallest absolute Gasteiger partial charge is 0.422 e. The molecule has 0 fully saturated rings. The first-order valence-electron chi connectivity index (χ1n) is 9.47. The average molecular weight is 454 g/mol. The van der Waals surface area contributed by atoms with Crippen molar-refractivity contribution in [1.82, 2.24) is 19.6 Å². The minimum atomic E-state index is -5.06. The third kappa shape index (κ3) is 4.43. The van der Waals surface area contributed by atoms with Gasteiger partial charge in [0.1, 0.15) is 34.7 Å². The molecule has 0 radical (unpaired) electrons. The predicted octanol–water partition coefficient (Wildman–Crippen LogP) is 4.04. The van der Waals surface area contributed by atoms with E-state index in [0.29, 0.717) is 6.92 Å². The molecule has 1 unspecified atom stereocenters. The summed E-state index contributed by atoms with van der Waals surface area (Å²) in [6.45, 7) is 4.78. The molecule has 0 aliphatic heterocycles. The summed E-state index contributed by atoms with van der Waals surface area (Å²) in [6.07, 6.45) is -2.65. The lowest BCUT2D eigenvalue weighted by atomic mass is 10.0. The Bertz CT molecular complexity index is 1150. The van der Waals surface area contributed by atoms with Crippen molar-refractivity contribution in [2.45, 2.75) is 39.0 Å². The van der Waals surface area contributed by atoms with Crippen LogP contribution in [0.2, 0.25) is 0 Å². The van der Waals surface area contributed by atoms with Crippen molar-refractivity contribution < 1.29 is 27.4 Å². The van der Waals surface area contributed by atoms with E-state index in [0.717, 1.165) is 30.0 Å². The van der Waals surface area contributed by atoms with Crippen LogP contribution in [0.1, 0.15) is 38.4 Å². The molecule has 0 bridgehead atoms. The van der Waals surface area contributed by atoms with Gasteiger partial charge in [-0.05, 0) is 13.0 Å². The molecule has 0 amide bonds. The first kappa shape index (κ1) is 24.8. The van der Waals surface area contributed by atoms with Gasteiger partial charge in [-0.2, -0.15) is 23.5 Å². The predicted molar refractivity (Wildman–Crippen MR) is 109 cm³/mol. The lowest BCUT2D eigenvalue weighted by Gasteiger charge is -2.26. The number of methoxy groups -OCH3 is 1. The van der Waals surface area contributed by atoms with Crippen molar-refractivity contribution in [3.05, 3.63) is 35.4 Å². The van der Waals surface area contributed by atoms with Gasteiger partial charge in [0, 0.05) is 13.1 Å². The number of imidazole rings is 1. The summed E-state index contributed by atoms with van der Waals surface area (Å²) >= 11 is 0. The highest BCUT2D eigenvalue weighted by molar-refractivity contribution is 5.65. The number of ether oxygens (including phenoxy) is 1. The number of anilines is 1. The Morgan fingerprint density at radius 2 is 1.91 bits per heavy atom. The van der Waals surface area contributed by atoms with Gasteiger partial charge < -0.3 is 15.2 Å². The van der Waals surface area contributed by atoms with E-state index in [-0.39, 0.29) is 34.2 Å². The van der Waals surface area contributed by atoms with Crippen LogP contribution in [0.25, 0.3) is 17.0 Å². The summed E-state index contributed by atoms with van der Waals surface area (Å²) in [7, 11) is 2.59. The van der Waals surface area contributed by atoms with Gasteiger partial charge in [0.2, 0.25) is 5.60 Å². The molecule has 0 aliphatic rings. The largest absolute Gasteiger partial charge is 0.495 e. The van der Waals surface area contributed by atoms with Crippen molar-refractivity contribution >= 4 is 11.5 Å². The summed E-state index contributed by atoms with van der Waals surface area (Å²) in [5.74, 6) is -1.18. The Morgan fingerprint density at radius 3 is 2.41 bits per heavy atom. The van der Waals surface area contributed by atoms with Gasteiger partial charge in [0.15, 0.2) is 11.5 Å². The van der Waals surface area contributed by atoms with Crippen LogP contribution in [0.4, 0.5) is 23.4 Å². The molecule has 0 aliphatic carbocycles. The first-order valence-corrected chi connectivity index (χ1v) is 9.47. The molecule has 1 atom stereocenters. The number of hydrogen-bond donors (Lipinski definition) is 2. The van der Waals surface area contributed by atoms with Gasteiger partial charge in [-0.3, -0.25) is 0 Å². The second kappa shape index (κ2) is 9.35. The fourth-order valence-corrected chi connectivity index (χ4v) is 2.63. The van der Waals surface area contributed by atoms with E-state index in [4.69, 9.17) is 10.00 Å². The van der Waals surface area contributed by atoms with Crippen molar-refractivity contribution in [3.8, 4) is 23.2 Å². The Morgan fingerprint density at radius 1 is 1.28 bits per heavy atom. The highest BCUT2D eigenvalue weighted by Gasteiger charge is 2.54. The van der Waals surface area contributed by atoms with Crippen LogP contribution in [-0.2, 0) is 5.60 Å². The Labute approximate surface area is 181 Å². The minimum Gasteiger partial charge on any atom is -0.495 e. The maximum Gasteiger partial charge on any atom is 0.422 e. The number of aromatic nitrogens is 4. The van der Waals surface area contributed by atoms with Gasteiger partial charge in [-0.25, -0.2) is 18.9 Å². The van der Waals surface area contributed by atoms with Crippen LogP contribution in [0.5, 0.6) is 5.75 Å². The molecule has 3 aromatic heterocycles. The molecule has 3 heterocycles. The molecule has 0 saturated heterocycles. The van der Waals surface area contributed by atoms with E-state index in [1.807, 2.05) is 0 Å². The molecule has 0 saturated carbocycles. The molecule has 12 heteroatoms. The number of pyridine rings is 1. The van der Waals surface area contributed by atoms with Crippen LogP contribution >= 0.6 is 0 Å². The quantitative estimate of drug-likeness (QED) is 0.573. The fourth-order valence-electron chi connectivity index (χ4n) is 2.63. The monoisotopic (exact) mass is 454 g/mol. The number of nitriles is 1. The SMILES string of the molecule is CCC.CNc1nc(-c2cnc3cc(OC)c(C(C)(O)C(F)(F)F)nn23)c(F)cc1C#N. The van der Waals surface area contributed by atoms with Crippen LogP contribution in [0, 0.1) is 17.1 Å². The van der Waals surface area contributed by atoms with E-state index in [9.17, 15) is 22.7 Å². The van der Waals surface area contributed by atoms with Crippen molar-refractivity contribution in [1.29, 1.82) is 5.26 Å². The topological polar surface area (TPSA) is 108 Å². The summed E-state index contributed by atoms with van der Waals surface area (Å²) < 4.78 is 60.4. The summed E-state index contributed by atoms with van der Waals surface area (Å²) in [6, 6.07) is 3.85. The summed E-state index contributed by atoms with van der Waals surface area (Å²) in [4.78, 5) is 8.01. The molecule has 0 spiro atoms. The van der Waals surface area contributed by atoms with Gasteiger partial charge in [-0.1, -0.05) is 20.3 Å². The molecule has 2 N–H and O–H groups in total. The second-order valence-electron chi connectivity index (χ2n) is 6.83. The van der Waals surface area contributed by atoms with Crippen molar-refractivity contribution in [3.63, 3.8) is 0 Å². The number of hydrogen-bond acceptors (Lipinski definition) is 7. The van der Waals surface area contributed by atoms with Crippen molar-refractivity contribution in [2.24, 2.45) is 0 Å². The van der Waals surface area contributed by atoms with Crippen LogP contribution in [-0.4, -0.2) is 45.0 Å². The molecular formula is C20H22F4N6O2. The van der Waals surface area contributed by atoms with E-state index < -0.39 is 23.3 Å². The third-order valence-electron chi connectivity index (χ3n) is 4.27. The number of fused-ring (bicyclic) bond motifs is 1. The fraction of sp³-hybridized carbons (Fsp3) is 0.400. The Kier molecular flexibility index (Phi) is 7.25. The van der Waals surface area contributed by atoms with E-state index in [2.05, 4.69) is 34.2 Å². The zero-order valence-electron chi connectivity index (χ0n) is 18.0. The van der Waals surface area contributed by atoms with Crippen LogP contribution < -0.4 is 10.1 Å². The number of rotatable bonds is 4. The number of halogens is 4. The van der Waals surface area contributed by atoms with Gasteiger partial charge >= 0.3 is 6.18 Å². The zero-order chi connectivity index (χ0) is 24.3. The molecule has 172 valence electrons. The first-order chi connectivity index (χ1) is 15.0. The van der Waals surface area contributed by atoms with Crippen molar-refractivity contribution in [2.75, 3.05) is 19.5 Å². The van der Waals surface area contributed by atoms with Gasteiger partial charge in [0.05, 0.1) is 18.9 Å². The lowest BCUT2D eigenvalue weighted by Crippen LogP contribution is -2.40. The van der Waals surface area contributed by atoms with Gasteiger partial charge in [0.25, 0.3) is 0 Å². The number of nitrogens with zero attached hydrogens (tertiary/aromatic N) is 5.